The van der Waals surface area contributed by atoms with Crippen molar-refractivity contribution in [3.63, 3.8) is 0 Å². The van der Waals surface area contributed by atoms with Crippen molar-refractivity contribution in [2.75, 3.05) is 14.1 Å². The van der Waals surface area contributed by atoms with Crippen LogP contribution in [0.3, 0.4) is 0 Å². The van der Waals surface area contributed by atoms with Crippen molar-refractivity contribution >= 4 is 10.0 Å². The standard InChI is InChI=1S/C15H24N2O2S/c1-16-14-8-10-15(11-9-14)17(2)20(18,19)12-13-6-4-3-5-7-13/h3-7,14-16H,8-12H2,1-2H3. The molecule has 5 heteroatoms. The average molecular weight is 296 g/mol. The second kappa shape index (κ2) is 6.70. The third-order valence-corrected chi connectivity index (χ3v) is 6.12. The van der Waals surface area contributed by atoms with Gasteiger partial charge in [-0.1, -0.05) is 30.3 Å². The molecule has 0 atom stereocenters. The van der Waals surface area contributed by atoms with Crippen LogP contribution in [-0.2, 0) is 15.8 Å². The minimum absolute atomic E-state index is 0.0935. The molecule has 1 N–H and O–H groups in total. The highest BCUT2D eigenvalue weighted by atomic mass is 32.2. The number of nitrogens with zero attached hydrogens (tertiary/aromatic N) is 1. The summed E-state index contributed by atoms with van der Waals surface area (Å²) < 4.78 is 26.5. The Morgan fingerprint density at radius 3 is 2.30 bits per heavy atom. The van der Waals surface area contributed by atoms with Gasteiger partial charge in [0.15, 0.2) is 0 Å². The van der Waals surface area contributed by atoms with Crippen molar-refractivity contribution in [1.29, 1.82) is 0 Å². The number of sulfonamides is 1. The molecular formula is C15H24N2O2S. The Labute approximate surface area is 122 Å². The Morgan fingerprint density at radius 2 is 1.75 bits per heavy atom. The monoisotopic (exact) mass is 296 g/mol. The third kappa shape index (κ3) is 3.81. The van der Waals surface area contributed by atoms with Gasteiger partial charge in [0, 0.05) is 19.1 Å². The van der Waals surface area contributed by atoms with Crippen LogP contribution in [0.25, 0.3) is 0 Å². The molecule has 1 aromatic carbocycles. The van der Waals surface area contributed by atoms with Gasteiger partial charge in [-0.05, 0) is 38.3 Å². The van der Waals surface area contributed by atoms with Crippen molar-refractivity contribution in [1.82, 2.24) is 9.62 Å². The van der Waals surface area contributed by atoms with Gasteiger partial charge in [-0.15, -0.1) is 0 Å². The van der Waals surface area contributed by atoms with E-state index in [2.05, 4.69) is 5.32 Å². The molecule has 2 rings (SSSR count). The summed E-state index contributed by atoms with van der Waals surface area (Å²) in [6.45, 7) is 0. The molecule has 0 aromatic heterocycles. The van der Waals surface area contributed by atoms with Gasteiger partial charge in [0.1, 0.15) is 0 Å². The van der Waals surface area contributed by atoms with Crippen molar-refractivity contribution in [2.45, 2.75) is 43.5 Å². The zero-order valence-electron chi connectivity index (χ0n) is 12.2. The number of nitrogens with one attached hydrogen (secondary N) is 1. The summed E-state index contributed by atoms with van der Waals surface area (Å²) in [5, 5.41) is 3.27. The summed E-state index contributed by atoms with van der Waals surface area (Å²) in [5.41, 5.74) is 0.850. The zero-order chi connectivity index (χ0) is 14.6. The molecule has 4 nitrogen and oxygen atoms in total. The summed E-state index contributed by atoms with van der Waals surface area (Å²) in [7, 11) is 0.474. The Morgan fingerprint density at radius 1 is 1.15 bits per heavy atom. The molecule has 0 heterocycles. The molecule has 0 saturated heterocycles. The topological polar surface area (TPSA) is 49.4 Å². The first-order chi connectivity index (χ1) is 9.53. The summed E-state index contributed by atoms with van der Waals surface area (Å²) in [6, 6.07) is 10.1. The van der Waals surface area contributed by atoms with Crippen LogP contribution in [0.1, 0.15) is 31.2 Å². The van der Waals surface area contributed by atoms with E-state index in [0.29, 0.717) is 6.04 Å². The van der Waals surface area contributed by atoms with E-state index in [9.17, 15) is 8.42 Å². The lowest BCUT2D eigenvalue weighted by Crippen LogP contribution is -2.42. The van der Waals surface area contributed by atoms with E-state index in [1.165, 1.54) is 0 Å². The zero-order valence-corrected chi connectivity index (χ0v) is 13.1. The van der Waals surface area contributed by atoms with Gasteiger partial charge < -0.3 is 5.32 Å². The van der Waals surface area contributed by atoms with E-state index in [1.807, 2.05) is 37.4 Å². The highest BCUT2D eigenvalue weighted by Gasteiger charge is 2.29. The van der Waals surface area contributed by atoms with E-state index >= 15 is 0 Å². The molecule has 0 bridgehead atoms. The van der Waals surface area contributed by atoms with Crippen LogP contribution in [0.15, 0.2) is 30.3 Å². The normalized spacial score (nSPS) is 23.9. The Hall–Kier alpha value is -0.910. The van der Waals surface area contributed by atoms with Crippen LogP contribution in [0.4, 0.5) is 0 Å². The van der Waals surface area contributed by atoms with Crippen LogP contribution >= 0.6 is 0 Å². The van der Waals surface area contributed by atoms with Crippen LogP contribution < -0.4 is 5.32 Å². The first-order valence-corrected chi connectivity index (χ1v) is 8.81. The maximum absolute atomic E-state index is 12.5. The maximum Gasteiger partial charge on any atom is 0.218 e. The first kappa shape index (κ1) is 15.5. The van der Waals surface area contributed by atoms with Gasteiger partial charge in [0.05, 0.1) is 5.75 Å². The van der Waals surface area contributed by atoms with E-state index in [-0.39, 0.29) is 11.8 Å². The van der Waals surface area contributed by atoms with Crippen LogP contribution in [0, 0.1) is 0 Å². The SMILES string of the molecule is CNC1CCC(N(C)S(=O)(=O)Cc2ccccc2)CC1. The van der Waals surface area contributed by atoms with E-state index in [1.54, 1.807) is 11.4 Å². The summed E-state index contributed by atoms with van der Waals surface area (Å²) in [5.74, 6) is 0.0935. The lowest BCUT2D eigenvalue weighted by Gasteiger charge is -2.33. The Kier molecular flexibility index (Phi) is 5.18. The highest BCUT2D eigenvalue weighted by molar-refractivity contribution is 7.88. The number of benzene rings is 1. The molecule has 1 aliphatic rings. The first-order valence-electron chi connectivity index (χ1n) is 7.20. The number of hydrogen-bond acceptors (Lipinski definition) is 3. The summed E-state index contributed by atoms with van der Waals surface area (Å²) >= 11 is 0. The highest BCUT2D eigenvalue weighted by Crippen LogP contribution is 2.25. The maximum atomic E-state index is 12.5. The van der Waals surface area contributed by atoms with Gasteiger partial charge in [-0.2, -0.15) is 0 Å². The molecule has 0 spiro atoms. The fourth-order valence-corrected chi connectivity index (χ4v) is 4.32. The van der Waals surface area contributed by atoms with Crippen molar-refractivity contribution in [3.8, 4) is 0 Å². The predicted octanol–water partition coefficient (Wildman–Crippen LogP) is 1.98. The average Bonchev–Trinajstić information content (AvgIpc) is 2.47. The van der Waals surface area contributed by atoms with Gasteiger partial charge in [-0.25, -0.2) is 12.7 Å². The minimum atomic E-state index is -3.22. The van der Waals surface area contributed by atoms with Crippen molar-refractivity contribution in [2.24, 2.45) is 0 Å². The van der Waals surface area contributed by atoms with Gasteiger partial charge in [0.25, 0.3) is 0 Å². The molecule has 1 fully saturated rings. The largest absolute Gasteiger partial charge is 0.317 e. The van der Waals surface area contributed by atoms with E-state index in [0.717, 1.165) is 31.2 Å². The fourth-order valence-electron chi connectivity index (χ4n) is 2.84. The van der Waals surface area contributed by atoms with Crippen molar-refractivity contribution < 1.29 is 8.42 Å². The quantitative estimate of drug-likeness (QED) is 0.904. The predicted molar refractivity (Wildman–Crippen MR) is 81.9 cm³/mol. The summed E-state index contributed by atoms with van der Waals surface area (Å²) in [6.07, 6.45) is 3.98. The smallest absolute Gasteiger partial charge is 0.218 e. The van der Waals surface area contributed by atoms with Gasteiger partial charge in [-0.3, -0.25) is 0 Å². The second-order valence-electron chi connectivity index (χ2n) is 5.55. The third-order valence-electron chi connectivity index (χ3n) is 4.25. The molecule has 0 radical (unpaired) electrons. The van der Waals surface area contributed by atoms with Gasteiger partial charge in [0.2, 0.25) is 10.0 Å². The lowest BCUT2D eigenvalue weighted by molar-refractivity contribution is 0.255. The minimum Gasteiger partial charge on any atom is -0.317 e. The molecular weight excluding hydrogens is 272 g/mol. The van der Waals surface area contributed by atoms with E-state index < -0.39 is 10.0 Å². The second-order valence-corrected chi connectivity index (χ2v) is 7.58. The molecule has 0 unspecified atom stereocenters. The van der Waals surface area contributed by atoms with Gasteiger partial charge >= 0.3 is 0 Å². The van der Waals surface area contributed by atoms with Crippen LogP contribution in [-0.4, -0.2) is 38.9 Å². The van der Waals surface area contributed by atoms with Crippen molar-refractivity contribution in [3.05, 3.63) is 35.9 Å². The summed E-state index contributed by atoms with van der Waals surface area (Å²) in [4.78, 5) is 0. The molecule has 112 valence electrons. The van der Waals surface area contributed by atoms with Crippen LogP contribution in [0.2, 0.25) is 0 Å². The van der Waals surface area contributed by atoms with Crippen LogP contribution in [0.5, 0.6) is 0 Å². The number of rotatable bonds is 5. The Balaban J connectivity index is 1.99. The van der Waals surface area contributed by atoms with E-state index in [4.69, 9.17) is 0 Å². The molecule has 1 saturated carbocycles. The molecule has 20 heavy (non-hydrogen) atoms. The number of hydrogen-bond donors (Lipinski definition) is 1. The molecule has 0 aliphatic heterocycles. The molecule has 0 amide bonds. The fraction of sp³-hybridized carbons (Fsp3) is 0.600. The lowest BCUT2D eigenvalue weighted by atomic mass is 9.91. The molecule has 1 aliphatic carbocycles. The molecule has 1 aromatic rings. The Bertz CT molecular complexity index is 508.